The van der Waals surface area contributed by atoms with Crippen molar-refractivity contribution in [3.05, 3.63) is 74.4 Å². The largest absolute Gasteiger partial charge is 0.419 e. The summed E-state index contributed by atoms with van der Waals surface area (Å²) in [5.41, 5.74) is 5.03. The van der Waals surface area contributed by atoms with E-state index in [1.54, 1.807) is 34.9 Å². The van der Waals surface area contributed by atoms with Crippen molar-refractivity contribution in [1.29, 1.82) is 0 Å². The summed E-state index contributed by atoms with van der Waals surface area (Å²) in [4.78, 5) is 27.0. The Bertz CT molecular complexity index is 1350. The quantitative estimate of drug-likeness (QED) is 0.435. The van der Waals surface area contributed by atoms with Gasteiger partial charge < -0.3 is 14.6 Å². The van der Waals surface area contributed by atoms with Crippen LogP contribution >= 0.6 is 15.9 Å². The molecule has 166 valence electrons. The average molecular weight is 498 g/mol. The molecule has 0 saturated carbocycles. The lowest BCUT2D eigenvalue weighted by Gasteiger charge is -2.10. The van der Waals surface area contributed by atoms with Crippen molar-refractivity contribution in [1.82, 2.24) is 19.2 Å². The van der Waals surface area contributed by atoms with Crippen molar-refractivity contribution in [2.45, 2.75) is 20.4 Å². The number of oxazole rings is 1. The molecule has 9 heteroatoms. The van der Waals surface area contributed by atoms with E-state index in [-0.39, 0.29) is 5.91 Å². The van der Waals surface area contributed by atoms with Gasteiger partial charge in [-0.3, -0.25) is 9.36 Å². The number of amides is 1. The van der Waals surface area contributed by atoms with E-state index in [9.17, 15) is 9.59 Å². The number of nitrogens with zero attached hydrogens (tertiary/aromatic N) is 4. The molecule has 0 fully saturated rings. The summed E-state index contributed by atoms with van der Waals surface area (Å²) in [5.74, 6) is -0.646. The van der Waals surface area contributed by atoms with Gasteiger partial charge in [0.1, 0.15) is 0 Å². The number of carbonyl (C=O) groups is 1. The number of nitrogens with one attached hydrogen (secondary N) is 1. The predicted octanol–water partition coefficient (Wildman–Crippen LogP) is 3.97. The highest BCUT2D eigenvalue weighted by atomic mass is 79.9. The standard InChI is InChI=1S/C23H24BrN5O3/c1-14-21(24)15(2)29(26-14)18-8-5-16(6-9-18)22(30)25-17-7-10-20-19(13-17)28(23(31)32-20)12-11-27(3)4/h5-10,13H,11-12H2,1-4H3,(H,25,30). The van der Waals surface area contributed by atoms with E-state index in [0.717, 1.165) is 21.5 Å². The zero-order valence-corrected chi connectivity index (χ0v) is 19.9. The van der Waals surface area contributed by atoms with Crippen LogP contribution in [0.3, 0.4) is 0 Å². The Labute approximate surface area is 193 Å². The molecular weight excluding hydrogens is 474 g/mol. The fraction of sp³-hybridized carbons (Fsp3) is 0.261. The zero-order chi connectivity index (χ0) is 23.0. The number of benzene rings is 2. The van der Waals surface area contributed by atoms with Gasteiger partial charge in [0.2, 0.25) is 0 Å². The normalized spacial score (nSPS) is 11.4. The van der Waals surface area contributed by atoms with E-state index in [1.807, 2.05) is 49.7 Å². The van der Waals surface area contributed by atoms with Crippen molar-refractivity contribution < 1.29 is 9.21 Å². The third kappa shape index (κ3) is 4.26. The minimum absolute atomic E-state index is 0.240. The van der Waals surface area contributed by atoms with Crippen LogP contribution in [-0.4, -0.2) is 45.8 Å². The average Bonchev–Trinajstić information content (AvgIpc) is 3.22. The molecule has 0 radical (unpaired) electrons. The molecule has 2 aromatic carbocycles. The summed E-state index contributed by atoms with van der Waals surface area (Å²) in [5, 5.41) is 7.42. The molecule has 4 rings (SSSR count). The van der Waals surface area contributed by atoms with Gasteiger partial charge in [-0.15, -0.1) is 0 Å². The highest BCUT2D eigenvalue weighted by Gasteiger charge is 2.14. The summed E-state index contributed by atoms with van der Waals surface area (Å²) in [6.07, 6.45) is 0. The van der Waals surface area contributed by atoms with E-state index in [4.69, 9.17) is 4.42 Å². The number of likely N-dealkylation sites (N-methyl/N-ethyl adjacent to an activating group) is 1. The highest BCUT2D eigenvalue weighted by Crippen LogP contribution is 2.23. The van der Waals surface area contributed by atoms with Crippen LogP contribution in [0.1, 0.15) is 21.7 Å². The summed E-state index contributed by atoms with van der Waals surface area (Å²) >= 11 is 3.53. The second kappa shape index (κ2) is 8.76. The fourth-order valence-corrected chi connectivity index (χ4v) is 3.73. The van der Waals surface area contributed by atoms with E-state index in [2.05, 4.69) is 26.3 Å². The molecular formula is C23H24BrN5O3. The number of hydrogen-bond acceptors (Lipinski definition) is 5. The molecule has 0 saturated heterocycles. The van der Waals surface area contributed by atoms with Crippen LogP contribution in [-0.2, 0) is 6.54 Å². The maximum atomic E-state index is 12.8. The maximum Gasteiger partial charge on any atom is 0.419 e. The SMILES string of the molecule is Cc1nn(-c2ccc(C(=O)Nc3ccc4oc(=O)n(CCN(C)C)c4c3)cc2)c(C)c1Br. The Hall–Kier alpha value is -3.17. The molecule has 0 spiro atoms. The first-order valence-corrected chi connectivity index (χ1v) is 11.0. The number of aromatic nitrogens is 3. The number of aryl methyl sites for hydroxylation is 1. The molecule has 0 bridgehead atoms. The Balaban J connectivity index is 1.55. The number of carbonyl (C=O) groups excluding carboxylic acids is 1. The second-order valence-corrected chi connectivity index (χ2v) is 8.70. The first-order valence-electron chi connectivity index (χ1n) is 10.2. The van der Waals surface area contributed by atoms with E-state index in [1.165, 1.54) is 0 Å². The zero-order valence-electron chi connectivity index (χ0n) is 18.3. The topological polar surface area (TPSA) is 85.3 Å². The van der Waals surface area contributed by atoms with Crippen LogP contribution in [0.25, 0.3) is 16.8 Å². The number of fused-ring (bicyclic) bond motifs is 1. The van der Waals surface area contributed by atoms with Gasteiger partial charge in [-0.1, -0.05) is 0 Å². The van der Waals surface area contributed by atoms with E-state index < -0.39 is 5.76 Å². The third-order valence-corrected chi connectivity index (χ3v) is 6.42. The second-order valence-electron chi connectivity index (χ2n) is 7.90. The van der Waals surface area contributed by atoms with Crippen LogP contribution in [0.5, 0.6) is 0 Å². The molecule has 0 aliphatic rings. The molecule has 2 aromatic heterocycles. The van der Waals surface area contributed by atoms with Gasteiger partial charge in [0.15, 0.2) is 5.58 Å². The summed E-state index contributed by atoms with van der Waals surface area (Å²) < 4.78 is 9.70. The van der Waals surface area contributed by atoms with Crippen LogP contribution in [0, 0.1) is 13.8 Å². The lowest BCUT2D eigenvalue weighted by atomic mass is 10.2. The molecule has 0 atom stereocenters. The van der Waals surface area contributed by atoms with Gasteiger partial charge in [0, 0.05) is 24.3 Å². The molecule has 0 aliphatic heterocycles. The third-order valence-electron chi connectivity index (χ3n) is 5.27. The van der Waals surface area contributed by atoms with Gasteiger partial charge in [-0.2, -0.15) is 5.10 Å². The molecule has 0 aliphatic carbocycles. The maximum absolute atomic E-state index is 12.8. The molecule has 32 heavy (non-hydrogen) atoms. The number of anilines is 1. The lowest BCUT2D eigenvalue weighted by Crippen LogP contribution is -2.23. The Morgan fingerprint density at radius 1 is 1.16 bits per heavy atom. The Morgan fingerprint density at radius 3 is 2.50 bits per heavy atom. The van der Waals surface area contributed by atoms with Crippen LogP contribution in [0.2, 0.25) is 0 Å². The molecule has 4 aromatic rings. The summed E-state index contributed by atoms with van der Waals surface area (Å²) in [6.45, 7) is 5.12. The fourth-order valence-electron chi connectivity index (χ4n) is 3.48. The Morgan fingerprint density at radius 2 is 1.88 bits per heavy atom. The van der Waals surface area contributed by atoms with Crippen molar-refractivity contribution in [2.24, 2.45) is 0 Å². The minimum Gasteiger partial charge on any atom is -0.408 e. The van der Waals surface area contributed by atoms with Gasteiger partial charge in [0.25, 0.3) is 5.91 Å². The van der Waals surface area contributed by atoms with Crippen LogP contribution in [0.4, 0.5) is 5.69 Å². The van der Waals surface area contributed by atoms with Crippen molar-refractivity contribution >= 4 is 38.6 Å². The van der Waals surface area contributed by atoms with E-state index >= 15 is 0 Å². The van der Waals surface area contributed by atoms with Crippen LogP contribution in [0.15, 0.2) is 56.1 Å². The van der Waals surface area contributed by atoms with Crippen molar-refractivity contribution in [2.75, 3.05) is 26.0 Å². The number of rotatable bonds is 6. The summed E-state index contributed by atoms with van der Waals surface area (Å²) in [6, 6.07) is 12.4. The molecule has 8 nitrogen and oxygen atoms in total. The van der Waals surface area contributed by atoms with Gasteiger partial charge in [-0.25, -0.2) is 9.48 Å². The minimum atomic E-state index is -0.406. The molecule has 1 N–H and O–H groups in total. The molecule has 2 heterocycles. The number of hydrogen-bond donors (Lipinski definition) is 1. The van der Waals surface area contributed by atoms with Crippen molar-refractivity contribution in [3.63, 3.8) is 0 Å². The summed E-state index contributed by atoms with van der Waals surface area (Å²) in [7, 11) is 3.88. The lowest BCUT2D eigenvalue weighted by molar-refractivity contribution is 0.102. The predicted molar refractivity (Wildman–Crippen MR) is 128 cm³/mol. The number of halogens is 1. The van der Waals surface area contributed by atoms with Crippen molar-refractivity contribution in [3.8, 4) is 5.69 Å². The van der Waals surface area contributed by atoms with Gasteiger partial charge in [0.05, 0.1) is 27.1 Å². The molecule has 0 unspecified atom stereocenters. The van der Waals surface area contributed by atoms with Gasteiger partial charge in [-0.05, 0) is 86.3 Å². The molecule has 1 amide bonds. The van der Waals surface area contributed by atoms with Gasteiger partial charge >= 0.3 is 5.76 Å². The van der Waals surface area contributed by atoms with E-state index in [0.29, 0.717) is 35.4 Å². The first kappa shape index (κ1) is 22.0. The first-order chi connectivity index (χ1) is 15.2. The van der Waals surface area contributed by atoms with Crippen LogP contribution < -0.4 is 11.1 Å². The highest BCUT2D eigenvalue weighted by molar-refractivity contribution is 9.10. The smallest absolute Gasteiger partial charge is 0.408 e. The monoisotopic (exact) mass is 497 g/mol. The Kier molecular flexibility index (Phi) is 6.03.